The van der Waals surface area contributed by atoms with Crippen molar-refractivity contribution in [3.8, 4) is 40.1 Å². The van der Waals surface area contributed by atoms with Gasteiger partial charge in [-0.05, 0) is 6.07 Å². The molecule has 1 heterocycles. The van der Waals surface area contributed by atoms with Gasteiger partial charge in [0.25, 0.3) is 19.2 Å². The predicted octanol–water partition coefficient (Wildman–Crippen LogP) is 2.37. The summed E-state index contributed by atoms with van der Waals surface area (Å²) < 4.78 is 84.6. The molecule has 0 saturated heterocycles. The molecule has 15 heteroatoms. The first-order valence-electron chi connectivity index (χ1n) is 8.93. The first kappa shape index (κ1) is 25.4. The first-order chi connectivity index (χ1) is 15.8. The van der Waals surface area contributed by atoms with E-state index in [0.29, 0.717) is 0 Å². The Labute approximate surface area is 197 Å². The number of hydrogen-bond acceptors (Lipinski definition) is 11. The molecule has 0 fully saturated rings. The van der Waals surface area contributed by atoms with Crippen molar-refractivity contribution in [2.24, 2.45) is 0 Å². The van der Waals surface area contributed by atoms with Gasteiger partial charge in [-0.1, -0.05) is 0 Å². The summed E-state index contributed by atoms with van der Waals surface area (Å²) in [5, 5.41) is 9.73. The van der Waals surface area contributed by atoms with Crippen molar-refractivity contribution in [3.63, 3.8) is 0 Å². The standard InChI is InChI=1S/C19H17ClO12S2/c1-28-10-5-8(13(34(25,26)27)7-11(10)29-2)16-18(31-4)15(22)14-9(21)6-12(30-3)19(17(14)32-16)33(20,23)24/h5-7,21H,1-4H3,(H,25,26,27). The Balaban J connectivity index is 2.67. The van der Waals surface area contributed by atoms with Crippen molar-refractivity contribution in [1.29, 1.82) is 0 Å². The summed E-state index contributed by atoms with van der Waals surface area (Å²) in [6.07, 6.45) is 0. The molecule has 0 saturated carbocycles. The molecule has 2 N–H and O–H groups in total. The van der Waals surface area contributed by atoms with Crippen LogP contribution in [0.4, 0.5) is 0 Å². The van der Waals surface area contributed by atoms with E-state index in [4.69, 9.17) is 34.0 Å². The quantitative estimate of drug-likeness (QED) is 0.333. The van der Waals surface area contributed by atoms with Crippen LogP contribution in [-0.4, -0.2) is 54.9 Å². The summed E-state index contributed by atoms with van der Waals surface area (Å²) in [5.74, 6) is -2.55. The van der Waals surface area contributed by atoms with E-state index in [1.54, 1.807) is 0 Å². The number of fused-ring (bicyclic) bond motifs is 1. The van der Waals surface area contributed by atoms with E-state index in [-0.39, 0.29) is 11.5 Å². The second-order valence-corrected chi connectivity index (χ2v) is 10.4. The Bertz CT molecular complexity index is 1570. The van der Waals surface area contributed by atoms with Gasteiger partial charge in [-0.15, -0.1) is 0 Å². The van der Waals surface area contributed by atoms with Gasteiger partial charge >= 0.3 is 0 Å². The second kappa shape index (κ2) is 8.87. The van der Waals surface area contributed by atoms with Crippen LogP contribution in [0.3, 0.4) is 0 Å². The predicted molar refractivity (Wildman–Crippen MR) is 119 cm³/mol. The van der Waals surface area contributed by atoms with Gasteiger partial charge in [0.05, 0.1) is 28.4 Å². The number of phenolic OH excluding ortho intramolecular Hbond substituents is 1. The first-order valence-corrected chi connectivity index (χ1v) is 12.7. The highest BCUT2D eigenvalue weighted by Crippen LogP contribution is 2.45. The molecule has 12 nitrogen and oxygen atoms in total. The molecule has 0 aliphatic rings. The Kier molecular flexibility index (Phi) is 6.63. The molecular weight excluding hydrogens is 520 g/mol. The molecule has 34 heavy (non-hydrogen) atoms. The minimum atomic E-state index is -4.96. The molecule has 1 aromatic heterocycles. The van der Waals surface area contributed by atoms with Gasteiger partial charge in [0, 0.05) is 28.4 Å². The van der Waals surface area contributed by atoms with Gasteiger partial charge in [-0.2, -0.15) is 8.42 Å². The third-order valence-electron chi connectivity index (χ3n) is 4.70. The maximum Gasteiger partial charge on any atom is 0.295 e. The van der Waals surface area contributed by atoms with Crippen molar-refractivity contribution < 1.29 is 49.9 Å². The highest BCUT2D eigenvalue weighted by Gasteiger charge is 2.32. The van der Waals surface area contributed by atoms with Crippen LogP contribution in [-0.2, 0) is 19.2 Å². The van der Waals surface area contributed by atoms with Crippen LogP contribution in [0, 0.1) is 0 Å². The summed E-state index contributed by atoms with van der Waals surface area (Å²) in [6, 6.07) is 2.80. The monoisotopic (exact) mass is 536 g/mol. The number of methoxy groups -OCH3 is 4. The third kappa shape index (κ3) is 4.20. The zero-order chi connectivity index (χ0) is 25.6. The maximum absolute atomic E-state index is 13.2. The van der Waals surface area contributed by atoms with Crippen LogP contribution < -0.4 is 24.4 Å². The molecule has 3 aromatic rings. The van der Waals surface area contributed by atoms with Gasteiger partial charge in [0.15, 0.2) is 27.7 Å². The van der Waals surface area contributed by atoms with Crippen molar-refractivity contribution in [2.75, 3.05) is 28.4 Å². The zero-order valence-corrected chi connectivity index (χ0v) is 20.3. The lowest BCUT2D eigenvalue weighted by molar-refractivity contribution is 0.353. The summed E-state index contributed by atoms with van der Waals surface area (Å²) >= 11 is 0. The molecule has 0 bridgehead atoms. The van der Waals surface area contributed by atoms with E-state index in [9.17, 15) is 31.3 Å². The van der Waals surface area contributed by atoms with Crippen molar-refractivity contribution in [1.82, 2.24) is 0 Å². The lowest BCUT2D eigenvalue weighted by Crippen LogP contribution is -2.11. The molecule has 0 aliphatic heterocycles. The van der Waals surface area contributed by atoms with Gasteiger partial charge in [-0.25, -0.2) is 8.42 Å². The van der Waals surface area contributed by atoms with Gasteiger partial charge in [0.1, 0.15) is 21.8 Å². The third-order valence-corrected chi connectivity index (χ3v) is 6.93. The Hall–Kier alpha value is -3.20. The summed E-state index contributed by atoms with van der Waals surface area (Å²) in [7, 11) is 0.527. The number of halogens is 1. The van der Waals surface area contributed by atoms with Crippen molar-refractivity contribution in [3.05, 3.63) is 28.4 Å². The Morgan fingerprint density at radius 2 is 1.44 bits per heavy atom. The van der Waals surface area contributed by atoms with Crippen LogP contribution in [0.25, 0.3) is 22.3 Å². The van der Waals surface area contributed by atoms with E-state index in [1.807, 2.05) is 0 Å². The van der Waals surface area contributed by atoms with Crippen LogP contribution in [0.1, 0.15) is 0 Å². The summed E-state index contributed by atoms with van der Waals surface area (Å²) in [4.78, 5) is 11.6. The molecule has 0 unspecified atom stereocenters. The van der Waals surface area contributed by atoms with Gasteiger partial charge < -0.3 is 28.5 Å². The van der Waals surface area contributed by atoms with Gasteiger partial charge in [-0.3, -0.25) is 9.35 Å². The van der Waals surface area contributed by atoms with Crippen LogP contribution in [0.2, 0.25) is 0 Å². The fraction of sp³-hybridized carbons (Fsp3) is 0.211. The fourth-order valence-electron chi connectivity index (χ4n) is 3.28. The van der Waals surface area contributed by atoms with E-state index >= 15 is 0 Å². The lowest BCUT2D eigenvalue weighted by atomic mass is 10.1. The molecular formula is C19H17ClO12S2. The van der Waals surface area contributed by atoms with Crippen LogP contribution in [0.15, 0.2) is 37.2 Å². The minimum Gasteiger partial charge on any atom is -0.507 e. The van der Waals surface area contributed by atoms with Gasteiger partial charge in [0.2, 0.25) is 11.2 Å². The molecule has 0 atom stereocenters. The number of ether oxygens (including phenoxy) is 4. The second-order valence-electron chi connectivity index (χ2n) is 6.54. The van der Waals surface area contributed by atoms with E-state index in [2.05, 4.69) is 0 Å². The number of phenols is 1. The lowest BCUT2D eigenvalue weighted by Gasteiger charge is -2.16. The Morgan fingerprint density at radius 3 is 1.91 bits per heavy atom. The summed E-state index contributed by atoms with van der Waals surface area (Å²) in [5.41, 5.74) is -2.27. The molecule has 0 radical (unpaired) electrons. The largest absolute Gasteiger partial charge is 0.507 e. The van der Waals surface area contributed by atoms with Crippen LogP contribution >= 0.6 is 10.7 Å². The highest BCUT2D eigenvalue weighted by molar-refractivity contribution is 8.14. The molecule has 2 aromatic carbocycles. The highest BCUT2D eigenvalue weighted by atomic mass is 35.7. The average Bonchev–Trinajstić information content (AvgIpc) is 2.75. The zero-order valence-electron chi connectivity index (χ0n) is 17.9. The van der Waals surface area contributed by atoms with Crippen molar-refractivity contribution >= 4 is 40.8 Å². The average molecular weight is 537 g/mol. The van der Waals surface area contributed by atoms with E-state index in [1.165, 1.54) is 14.2 Å². The Morgan fingerprint density at radius 1 is 0.882 bits per heavy atom. The molecule has 0 aliphatic carbocycles. The number of hydrogen-bond donors (Lipinski definition) is 2. The number of aromatic hydroxyl groups is 1. The summed E-state index contributed by atoms with van der Waals surface area (Å²) in [6.45, 7) is 0. The molecule has 0 amide bonds. The smallest absolute Gasteiger partial charge is 0.295 e. The molecule has 184 valence electrons. The number of rotatable bonds is 7. The SMILES string of the molecule is COc1cc(-c2oc3c(S(=O)(=O)Cl)c(OC)cc(O)c3c(=O)c2OC)c(S(=O)(=O)O)cc1OC. The maximum atomic E-state index is 13.2. The molecule has 3 rings (SSSR count). The minimum absolute atomic E-state index is 0.0339. The van der Waals surface area contributed by atoms with E-state index < -0.39 is 73.9 Å². The van der Waals surface area contributed by atoms with Crippen molar-refractivity contribution in [2.45, 2.75) is 9.79 Å². The normalized spacial score (nSPS) is 11.9. The van der Waals surface area contributed by atoms with Crippen LogP contribution in [0.5, 0.6) is 28.7 Å². The topological polar surface area (TPSA) is 176 Å². The molecule has 0 spiro atoms. The number of benzene rings is 2. The fourth-order valence-corrected chi connectivity index (χ4v) is 5.15. The van der Waals surface area contributed by atoms with E-state index in [0.717, 1.165) is 32.4 Å².